The lowest BCUT2D eigenvalue weighted by atomic mass is 10.0. The average molecular weight is 740 g/mol. The van der Waals surface area contributed by atoms with Crippen LogP contribution in [0, 0.1) is 0 Å². The molecule has 0 bridgehead atoms. The highest BCUT2D eigenvalue weighted by molar-refractivity contribution is 6.15. The largest absolute Gasteiger partial charge is 0.309 e. The van der Waals surface area contributed by atoms with E-state index < -0.39 is 0 Å². The molecule has 12 rings (SSSR count). The van der Waals surface area contributed by atoms with Crippen LogP contribution in [-0.2, 0) is 0 Å². The average Bonchev–Trinajstić information content (AvgIpc) is 3.80. The molecule has 12 aromatic rings. The molecule has 0 aliphatic heterocycles. The number of benzene rings is 9. The molecule has 0 radical (unpaired) electrons. The fourth-order valence-corrected chi connectivity index (χ4v) is 8.90. The van der Waals surface area contributed by atoms with Crippen molar-refractivity contribution in [3.05, 3.63) is 200 Å². The van der Waals surface area contributed by atoms with Crippen LogP contribution in [0.15, 0.2) is 200 Å². The lowest BCUT2D eigenvalue weighted by Crippen LogP contribution is -2.04. The number of hydrogen-bond donors (Lipinski definition) is 0. The topological polar surface area (TPSA) is 48.5 Å². The molecule has 0 fully saturated rings. The molecule has 0 unspecified atom stereocenters. The minimum atomic E-state index is 0.620. The third-order valence-corrected chi connectivity index (χ3v) is 11.5. The summed E-state index contributed by atoms with van der Waals surface area (Å²) in [5, 5.41) is 9.33. The maximum atomic E-state index is 5.44. The molecule has 0 aliphatic rings. The van der Waals surface area contributed by atoms with Crippen molar-refractivity contribution < 1.29 is 0 Å². The van der Waals surface area contributed by atoms with Gasteiger partial charge in [-0.05, 0) is 82.2 Å². The SMILES string of the molecule is c1ccc(-c2nc(-c3ccc4c(c3)c3ccccc3n4-c3ccccc3)nc(-c3c(-n4c5ccccc5c5cc6ccccc6cc54)ccc4ccccc34)n2)cc1. The predicted molar refractivity (Wildman–Crippen MR) is 240 cm³/mol. The Morgan fingerprint density at radius 2 is 0.828 bits per heavy atom. The Labute approximate surface area is 333 Å². The van der Waals surface area contributed by atoms with Gasteiger partial charge in [0.1, 0.15) is 0 Å². The fraction of sp³-hybridized carbons (Fsp3) is 0. The molecule has 3 heterocycles. The van der Waals surface area contributed by atoms with Crippen LogP contribution in [0.25, 0.3) is 111 Å². The van der Waals surface area contributed by atoms with Crippen molar-refractivity contribution in [2.75, 3.05) is 0 Å². The summed E-state index contributed by atoms with van der Waals surface area (Å²) in [4.78, 5) is 16.0. The quantitative estimate of drug-likeness (QED) is 0.177. The van der Waals surface area contributed by atoms with E-state index in [2.05, 4.69) is 191 Å². The van der Waals surface area contributed by atoms with Crippen LogP contribution in [0.5, 0.6) is 0 Å². The van der Waals surface area contributed by atoms with Gasteiger partial charge >= 0.3 is 0 Å². The van der Waals surface area contributed by atoms with Crippen LogP contribution >= 0.6 is 0 Å². The summed E-state index contributed by atoms with van der Waals surface area (Å²) in [6.45, 7) is 0. The smallest absolute Gasteiger partial charge is 0.166 e. The number of hydrogen-bond acceptors (Lipinski definition) is 3. The maximum absolute atomic E-state index is 5.44. The van der Waals surface area contributed by atoms with E-state index in [0.717, 1.165) is 66.3 Å². The summed E-state index contributed by atoms with van der Waals surface area (Å²) in [6, 6.07) is 70.9. The molecular weight excluding hydrogens is 707 g/mol. The summed E-state index contributed by atoms with van der Waals surface area (Å²) in [6.07, 6.45) is 0. The molecule has 0 atom stereocenters. The second kappa shape index (κ2) is 12.8. The third kappa shape index (κ3) is 5.00. The van der Waals surface area contributed by atoms with Gasteiger partial charge in [-0.1, -0.05) is 140 Å². The van der Waals surface area contributed by atoms with Crippen molar-refractivity contribution in [3.8, 4) is 45.5 Å². The van der Waals surface area contributed by atoms with E-state index in [-0.39, 0.29) is 0 Å². The Morgan fingerprint density at radius 1 is 0.293 bits per heavy atom. The van der Waals surface area contributed by atoms with E-state index >= 15 is 0 Å². The molecule has 0 amide bonds. The van der Waals surface area contributed by atoms with Crippen LogP contribution < -0.4 is 0 Å². The first kappa shape index (κ1) is 32.4. The summed E-state index contributed by atoms with van der Waals surface area (Å²) in [7, 11) is 0. The molecule has 0 aliphatic carbocycles. The number of aromatic nitrogens is 5. The van der Waals surface area contributed by atoms with Gasteiger partial charge in [-0.15, -0.1) is 0 Å². The van der Waals surface area contributed by atoms with Crippen molar-refractivity contribution in [1.82, 2.24) is 24.1 Å². The molecule has 270 valence electrons. The van der Waals surface area contributed by atoms with E-state index in [1.807, 2.05) is 18.2 Å². The third-order valence-electron chi connectivity index (χ3n) is 11.5. The van der Waals surface area contributed by atoms with Crippen LogP contribution in [0.4, 0.5) is 0 Å². The van der Waals surface area contributed by atoms with Gasteiger partial charge in [0.25, 0.3) is 0 Å². The van der Waals surface area contributed by atoms with Crippen molar-refractivity contribution in [1.29, 1.82) is 0 Å². The maximum Gasteiger partial charge on any atom is 0.166 e. The lowest BCUT2D eigenvalue weighted by Gasteiger charge is -2.17. The standard InChI is InChI=1S/C53H33N5/c1-3-16-35(17-4-1)51-54-52(38-28-29-47-43(32-38)41-23-11-13-25-45(41)57(47)39-20-5-2-6-21-39)56-53(55-51)50-40-22-10-9-15-34(40)27-30-48(50)58-46-26-14-12-24-42(46)44-31-36-18-7-8-19-37(36)33-49(44)58/h1-33H. The Kier molecular flexibility index (Phi) is 7.16. The molecule has 0 saturated heterocycles. The van der Waals surface area contributed by atoms with Gasteiger partial charge in [0, 0.05) is 38.4 Å². The molecule has 0 N–H and O–H groups in total. The van der Waals surface area contributed by atoms with E-state index in [1.54, 1.807) is 0 Å². The van der Waals surface area contributed by atoms with Crippen molar-refractivity contribution >= 4 is 65.2 Å². The first-order valence-corrected chi connectivity index (χ1v) is 19.6. The van der Waals surface area contributed by atoms with Crippen LogP contribution in [0.1, 0.15) is 0 Å². The summed E-state index contributed by atoms with van der Waals surface area (Å²) < 4.78 is 4.73. The first-order valence-electron chi connectivity index (χ1n) is 19.6. The molecule has 9 aromatic carbocycles. The Hall–Kier alpha value is -7.89. The lowest BCUT2D eigenvalue weighted by molar-refractivity contribution is 1.07. The van der Waals surface area contributed by atoms with Gasteiger partial charge < -0.3 is 9.13 Å². The Balaban J connectivity index is 1.15. The minimum Gasteiger partial charge on any atom is -0.309 e. The minimum absolute atomic E-state index is 0.620. The van der Waals surface area contributed by atoms with E-state index in [0.29, 0.717) is 17.5 Å². The highest BCUT2D eigenvalue weighted by Crippen LogP contribution is 2.41. The van der Waals surface area contributed by atoms with Crippen LogP contribution in [-0.4, -0.2) is 24.1 Å². The second-order valence-corrected chi connectivity index (χ2v) is 14.8. The highest BCUT2D eigenvalue weighted by Gasteiger charge is 2.22. The van der Waals surface area contributed by atoms with Gasteiger partial charge in [0.2, 0.25) is 0 Å². The zero-order valence-corrected chi connectivity index (χ0v) is 31.3. The van der Waals surface area contributed by atoms with Crippen molar-refractivity contribution in [2.24, 2.45) is 0 Å². The molecular formula is C53H33N5. The summed E-state index contributed by atoms with van der Waals surface area (Å²) >= 11 is 0. The number of nitrogens with zero attached hydrogens (tertiary/aromatic N) is 5. The normalized spacial score (nSPS) is 11.8. The predicted octanol–water partition coefficient (Wildman–Crippen LogP) is 13.4. The van der Waals surface area contributed by atoms with Crippen molar-refractivity contribution in [2.45, 2.75) is 0 Å². The van der Waals surface area contributed by atoms with Gasteiger partial charge in [-0.3, -0.25) is 0 Å². The molecule has 5 nitrogen and oxygen atoms in total. The van der Waals surface area contributed by atoms with Gasteiger partial charge in [-0.2, -0.15) is 0 Å². The fourth-order valence-electron chi connectivity index (χ4n) is 8.90. The molecule has 58 heavy (non-hydrogen) atoms. The second-order valence-electron chi connectivity index (χ2n) is 14.8. The number of rotatable bonds is 5. The molecule has 0 spiro atoms. The highest BCUT2D eigenvalue weighted by atomic mass is 15.1. The molecule has 5 heteroatoms. The zero-order chi connectivity index (χ0) is 38.2. The number of para-hydroxylation sites is 3. The van der Waals surface area contributed by atoms with Gasteiger partial charge in [-0.25, -0.2) is 15.0 Å². The van der Waals surface area contributed by atoms with Gasteiger partial charge in [0.05, 0.1) is 33.3 Å². The Bertz CT molecular complexity index is 3560. The van der Waals surface area contributed by atoms with Crippen molar-refractivity contribution in [3.63, 3.8) is 0 Å². The Morgan fingerprint density at radius 3 is 1.57 bits per heavy atom. The summed E-state index contributed by atoms with van der Waals surface area (Å²) in [5.41, 5.74) is 9.49. The van der Waals surface area contributed by atoms with Gasteiger partial charge in [0.15, 0.2) is 17.5 Å². The van der Waals surface area contributed by atoms with E-state index in [9.17, 15) is 0 Å². The van der Waals surface area contributed by atoms with E-state index in [4.69, 9.17) is 15.0 Å². The molecule has 0 saturated carbocycles. The van der Waals surface area contributed by atoms with Crippen LogP contribution in [0.2, 0.25) is 0 Å². The molecule has 3 aromatic heterocycles. The first-order chi connectivity index (χ1) is 28.8. The van der Waals surface area contributed by atoms with Crippen LogP contribution in [0.3, 0.4) is 0 Å². The number of fused-ring (bicyclic) bond motifs is 8. The monoisotopic (exact) mass is 739 g/mol. The van der Waals surface area contributed by atoms with E-state index in [1.165, 1.54) is 26.9 Å². The zero-order valence-electron chi connectivity index (χ0n) is 31.3. The summed E-state index contributed by atoms with van der Waals surface area (Å²) in [5.74, 6) is 1.86.